The topological polar surface area (TPSA) is 59.3 Å². The summed E-state index contributed by atoms with van der Waals surface area (Å²) in [6.07, 6.45) is 9.59. The third-order valence-electron chi connectivity index (χ3n) is 6.27. The first-order valence-corrected chi connectivity index (χ1v) is 9.28. The average Bonchev–Trinajstić information content (AvgIpc) is 3.22. The molecule has 24 heavy (non-hydrogen) atoms. The maximum Gasteiger partial charge on any atom is 0.196 e. The molecule has 3 aliphatic rings. The van der Waals surface area contributed by atoms with E-state index >= 15 is 0 Å². The fraction of sp³-hybridized carbons (Fsp3) is 0.600. The Morgan fingerprint density at radius 2 is 1.79 bits per heavy atom. The van der Waals surface area contributed by atoms with Crippen LogP contribution >= 0.6 is 0 Å². The van der Waals surface area contributed by atoms with E-state index in [0.29, 0.717) is 11.6 Å². The number of ketones is 2. The van der Waals surface area contributed by atoms with Gasteiger partial charge < -0.3 is 9.67 Å². The molecule has 4 nitrogen and oxygen atoms in total. The van der Waals surface area contributed by atoms with Crippen LogP contribution in [0.25, 0.3) is 5.76 Å². The standard InChI is InChI=1S/C20H25NO3/c1-13(22)17-18(23)16-10-9-15(14-7-3-2-4-8-14)21(16)20(19(17)24)11-5-6-12-20/h9-10,14,23H,2-8,11-12H2,1H3. The third-order valence-corrected chi connectivity index (χ3v) is 6.27. The van der Waals surface area contributed by atoms with Gasteiger partial charge in [-0.15, -0.1) is 0 Å². The second-order valence-electron chi connectivity index (χ2n) is 7.66. The Labute approximate surface area is 142 Å². The molecular weight excluding hydrogens is 302 g/mol. The highest BCUT2D eigenvalue weighted by Gasteiger charge is 2.51. The minimum Gasteiger partial charge on any atom is -0.505 e. The molecule has 2 fully saturated rings. The van der Waals surface area contributed by atoms with Crippen molar-refractivity contribution < 1.29 is 14.7 Å². The lowest BCUT2D eigenvalue weighted by molar-refractivity contribution is -0.127. The van der Waals surface area contributed by atoms with Crippen LogP contribution in [0.3, 0.4) is 0 Å². The van der Waals surface area contributed by atoms with Gasteiger partial charge in [0.1, 0.15) is 11.1 Å². The van der Waals surface area contributed by atoms with Gasteiger partial charge in [0.05, 0.1) is 5.69 Å². The molecule has 0 radical (unpaired) electrons. The van der Waals surface area contributed by atoms with Crippen LogP contribution in [0.4, 0.5) is 0 Å². The third kappa shape index (κ3) is 2.04. The molecule has 1 N–H and O–H groups in total. The number of carbonyl (C=O) groups excluding carboxylic acids is 2. The van der Waals surface area contributed by atoms with Gasteiger partial charge in [-0.2, -0.15) is 0 Å². The maximum atomic E-state index is 13.2. The van der Waals surface area contributed by atoms with Crippen LogP contribution in [0.1, 0.15) is 82.0 Å². The van der Waals surface area contributed by atoms with Crippen molar-refractivity contribution in [3.05, 3.63) is 29.1 Å². The number of fused-ring (bicyclic) bond motifs is 2. The molecule has 0 unspecified atom stereocenters. The smallest absolute Gasteiger partial charge is 0.196 e. The first-order valence-electron chi connectivity index (χ1n) is 9.28. The van der Waals surface area contributed by atoms with Crippen LogP contribution < -0.4 is 0 Å². The van der Waals surface area contributed by atoms with Gasteiger partial charge >= 0.3 is 0 Å². The van der Waals surface area contributed by atoms with E-state index < -0.39 is 5.54 Å². The fourth-order valence-electron chi connectivity index (χ4n) is 5.14. The van der Waals surface area contributed by atoms with Gasteiger partial charge in [0, 0.05) is 5.69 Å². The summed E-state index contributed by atoms with van der Waals surface area (Å²) in [4.78, 5) is 25.3. The predicted octanol–water partition coefficient (Wildman–Crippen LogP) is 4.25. The Morgan fingerprint density at radius 3 is 2.42 bits per heavy atom. The molecule has 4 rings (SSSR count). The summed E-state index contributed by atoms with van der Waals surface area (Å²) >= 11 is 0. The Kier molecular flexibility index (Phi) is 3.66. The quantitative estimate of drug-likeness (QED) is 0.826. The van der Waals surface area contributed by atoms with Crippen molar-refractivity contribution in [3.63, 3.8) is 0 Å². The van der Waals surface area contributed by atoms with Crippen LogP contribution in [0, 0.1) is 0 Å². The van der Waals surface area contributed by atoms with E-state index in [1.54, 1.807) is 0 Å². The molecule has 1 spiro atoms. The zero-order chi connectivity index (χ0) is 16.9. The van der Waals surface area contributed by atoms with E-state index in [1.165, 1.54) is 31.9 Å². The molecule has 0 saturated heterocycles. The van der Waals surface area contributed by atoms with Crippen molar-refractivity contribution in [2.24, 2.45) is 0 Å². The van der Waals surface area contributed by atoms with Crippen LogP contribution in [0.5, 0.6) is 0 Å². The molecule has 1 aromatic rings. The molecule has 1 aromatic heterocycles. The molecule has 0 aromatic carbocycles. The van der Waals surface area contributed by atoms with Crippen LogP contribution in [0.15, 0.2) is 17.7 Å². The van der Waals surface area contributed by atoms with E-state index in [2.05, 4.69) is 10.6 Å². The van der Waals surface area contributed by atoms with Crippen LogP contribution in [0.2, 0.25) is 0 Å². The van der Waals surface area contributed by atoms with Gasteiger partial charge in [0.25, 0.3) is 0 Å². The molecular formula is C20H25NO3. The second kappa shape index (κ2) is 5.61. The first kappa shape index (κ1) is 15.7. The SMILES string of the molecule is CC(=O)C1=C(O)c2ccc(C3CCCCC3)n2C2(CCCC2)C1=O. The average molecular weight is 327 g/mol. The fourth-order valence-corrected chi connectivity index (χ4v) is 5.14. The largest absolute Gasteiger partial charge is 0.505 e. The molecule has 2 aliphatic carbocycles. The van der Waals surface area contributed by atoms with Crippen LogP contribution in [-0.4, -0.2) is 21.2 Å². The number of Topliss-reactive ketones (excluding diaryl/α,β-unsaturated/α-hetero) is 2. The summed E-state index contributed by atoms with van der Waals surface area (Å²) in [5, 5.41) is 10.6. The number of allylic oxidation sites excluding steroid dienone is 1. The number of aliphatic hydroxyl groups is 1. The van der Waals surface area contributed by atoms with Crippen molar-refractivity contribution in [1.29, 1.82) is 0 Å². The van der Waals surface area contributed by atoms with E-state index in [4.69, 9.17) is 0 Å². The summed E-state index contributed by atoms with van der Waals surface area (Å²) in [5.74, 6) is -0.141. The zero-order valence-electron chi connectivity index (χ0n) is 14.3. The van der Waals surface area contributed by atoms with Crippen molar-refractivity contribution in [2.75, 3.05) is 0 Å². The van der Waals surface area contributed by atoms with Gasteiger partial charge in [-0.05, 0) is 50.7 Å². The summed E-state index contributed by atoms with van der Waals surface area (Å²) in [5.41, 5.74) is 1.23. The number of rotatable bonds is 2. The lowest BCUT2D eigenvalue weighted by Crippen LogP contribution is -2.46. The lowest BCUT2D eigenvalue weighted by Gasteiger charge is -2.39. The molecule has 0 atom stereocenters. The van der Waals surface area contributed by atoms with Gasteiger partial charge in [-0.25, -0.2) is 0 Å². The van der Waals surface area contributed by atoms with E-state index in [9.17, 15) is 14.7 Å². The number of aliphatic hydroxyl groups excluding tert-OH is 1. The highest BCUT2D eigenvalue weighted by molar-refractivity contribution is 6.27. The Balaban J connectivity index is 1.92. The number of aromatic nitrogens is 1. The zero-order valence-corrected chi connectivity index (χ0v) is 14.3. The van der Waals surface area contributed by atoms with Crippen molar-refractivity contribution >= 4 is 17.3 Å². The number of hydrogen-bond acceptors (Lipinski definition) is 3. The van der Waals surface area contributed by atoms with E-state index in [1.807, 2.05) is 6.07 Å². The summed E-state index contributed by atoms with van der Waals surface area (Å²) in [6, 6.07) is 3.99. The van der Waals surface area contributed by atoms with E-state index in [0.717, 1.165) is 38.5 Å². The monoisotopic (exact) mass is 327 g/mol. The Bertz CT molecular complexity index is 728. The predicted molar refractivity (Wildman–Crippen MR) is 91.9 cm³/mol. The molecule has 128 valence electrons. The minimum absolute atomic E-state index is 0.0118. The summed E-state index contributed by atoms with van der Waals surface area (Å²) < 4.78 is 2.13. The number of nitrogens with zero attached hydrogens (tertiary/aromatic N) is 1. The number of hydrogen-bond donors (Lipinski definition) is 1. The molecule has 4 heteroatoms. The van der Waals surface area contributed by atoms with Crippen molar-refractivity contribution in [1.82, 2.24) is 4.57 Å². The van der Waals surface area contributed by atoms with Crippen LogP contribution in [-0.2, 0) is 15.1 Å². The molecule has 0 amide bonds. The number of carbonyl (C=O) groups is 2. The Morgan fingerprint density at radius 1 is 1.12 bits per heavy atom. The van der Waals surface area contributed by atoms with Gasteiger partial charge in [0.15, 0.2) is 17.3 Å². The summed E-state index contributed by atoms with van der Waals surface area (Å²) in [7, 11) is 0. The molecule has 2 heterocycles. The van der Waals surface area contributed by atoms with Crippen molar-refractivity contribution in [2.45, 2.75) is 76.2 Å². The minimum atomic E-state index is -0.640. The van der Waals surface area contributed by atoms with Crippen molar-refractivity contribution in [3.8, 4) is 0 Å². The highest BCUT2D eigenvalue weighted by Crippen LogP contribution is 2.48. The normalized spacial score (nSPS) is 23.8. The van der Waals surface area contributed by atoms with Gasteiger partial charge in [-0.3, -0.25) is 9.59 Å². The Hall–Kier alpha value is -1.84. The maximum absolute atomic E-state index is 13.2. The molecule has 1 aliphatic heterocycles. The second-order valence-corrected chi connectivity index (χ2v) is 7.66. The lowest BCUT2D eigenvalue weighted by atomic mass is 9.80. The molecule has 2 saturated carbocycles. The summed E-state index contributed by atoms with van der Waals surface area (Å²) in [6.45, 7) is 1.38. The first-order chi connectivity index (χ1) is 11.6. The van der Waals surface area contributed by atoms with E-state index in [-0.39, 0.29) is 22.9 Å². The van der Waals surface area contributed by atoms with Gasteiger partial charge in [-0.1, -0.05) is 32.1 Å². The molecule has 0 bridgehead atoms. The van der Waals surface area contributed by atoms with Gasteiger partial charge in [0.2, 0.25) is 0 Å². The highest BCUT2D eigenvalue weighted by atomic mass is 16.3.